The Balaban J connectivity index is 1.92. The summed E-state index contributed by atoms with van der Waals surface area (Å²) in [5.74, 6) is 0.388. The molecule has 2 unspecified atom stereocenters. The van der Waals surface area contributed by atoms with Gasteiger partial charge in [0, 0.05) is 32.0 Å². The van der Waals surface area contributed by atoms with Crippen LogP contribution in [0, 0.1) is 11.8 Å². The van der Waals surface area contributed by atoms with Crippen molar-refractivity contribution < 1.29 is 14.7 Å². The molecule has 2 heterocycles. The first-order chi connectivity index (χ1) is 8.22. The van der Waals surface area contributed by atoms with Gasteiger partial charge in [-0.3, -0.25) is 4.79 Å². The smallest absolute Gasteiger partial charge is 0.228 e. The van der Waals surface area contributed by atoms with Crippen LogP contribution in [0.1, 0.15) is 26.2 Å². The molecule has 2 atom stereocenters. The fraction of sp³-hybridized carbons (Fsp3) is 0.833. The van der Waals surface area contributed by atoms with Crippen molar-refractivity contribution in [3.8, 4) is 0 Å². The monoisotopic (exact) mass is 240 g/mol. The molecule has 2 rings (SSSR count). The fourth-order valence-electron chi connectivity index (χ4n) is 2.57. The summed E-state index contributed by atoms with van der Waals surface area (Å²) in [6.07, 6.45) is 2.59. The maximum Gasteiger partial charge on any atom is 0.228 e. The average molecular weight is 240 g/mol. The number of carbonyl (C=O) groups is 1. The number of likely N-dealkylation sites (tertiary alicyclic amines) is 1. The molecule has 1 N–H and O–H groups in total. The number of hydrogen-bond donors (Lipinski definition) is 1. The van der Waals surface area contributed by atoms with Crippen LogP contribution in [0.3, 0.4) is 0 Å². The molecular formula is C12H20N2O3. The third-order valence-electron chi connectivity index (χ3n) is 3.65. The first-order valence-corrected chi connectivity index (χ1v) is 6.29. The van der Waals surface area contributed by atoms with Crippen molar-refractivity contribution in [1.82, 2.24) is 4.90 Å². The molecule has 0 aromatic carbocycles. The van der Waals surface area contributed by atoms with Crippen LogP contribution in [-0.2, 0) is 9.53 Å². The quantitative estimate of drug-likeness (QED) is 0.551. The second-order valence-electron chi connectivity index (χ2n) is 4.94. The summed E-state index contributed by atoms with van der Waals surface area (Å²) < 4.78 is 5.35. The maximum atomic E-state index is 12.2. The van der Waals surface area contributed by atoms with Gasteiger partial charge < -0.3 is 14.8 Å². The van der Waals surface area contributed by atoms with Gasteiger partial charge in [-0.25, -0.2) is 0 Å². The molecule has 2 aliphatic heterocycles. The van der Waals surface area contributed by atoms with E-state index in [1.54, 1.807) is 0 Å². The molecule has 0 aromatic heterocycles. The fourth-order valence-corrected chi connectivity index (χ4v) is 2.57. The summed E-state index contributed by atoms with van der Waals surface area (Å²) in [6, 6.07) is 0. The molecule has 0 aliphatic carbocycles. The predicted molar refractivity (Wildman–Crippen MR) is 63.1 cm³/mol. The predicted octanol–water partition coefficient (Wildman–Crippen LogP) is 1.11. The molecule has 0 radical (unpaired) electrons. The molecule has 0 bridgehead atoms. The SMILES string of the molecule is CC1CN(C(=O)C2CCCOC2)CCC1=NO. The minimum absolute atomic E-state index is 0.0311. The van der Waals surface area contributed by atoms with Gasteiger partial charge in [0.05, 0.1) is 18.2 Å². The highest BCUT2D eigenvalue weighted by atomic mass is 16.5. The molecule has 0 aromatic rings. The maximum absolute atomic E-state index is 12.2. The van der Waals surface area contributed by atoms with Crippen LogP contribution >= 0.6 is 0 Å². The second-order valence-corrected chi connectivity index (χ2v) is 4.94. The van der Waals surface area contributed by atoms with Crippen molar-refractivity contribution in [2.24, 2.45) is 17.0 Å². The molecule has 17 heavy (non-hydrogen) atoms. The zero-order valence-corrected chi connectivity index (χ0v) is 10.3. The van der Waals surface area contributed by atoms with Gasteiger partial charge in [-0.15, -0.1) is 0 Å². The van der Waals surface area contributed by atoms with Crippen LogP contribution in [-0.4, -0.2) is 48.0 Å². The molecule has 5 nitrogen and oxygen atoms in total. The van der Waals surface area contributed by atoms with Crippen LogP contribution in [0.15, 0.2) is 5.16 Å². The number of ether oxygens (including phenoxy) is 1. The van der Waals surface area contributed by atoms with E-state index in [4.69, 9.17) is 9.94 Å². The minimum atomic E-state index is 0.0311. The number of piperidine rings is 1. The van der Waals surface area contributed by atoms with Gasteiger partial charge >= 0.3 is 0 Å². The van der Waals surface area contributed by atoms with Crippen molar-refractivity contribution in [3.05, 3.63) is 0 Å². The lowest BCUT2D eigenvalue weighted by atomic mass is 9.94. The zero-order valence-electron chi connectivity index (χ0n) is 10.3. The van der Waals surface area contributed by atoms with Crippen molar-refractivity contribution >= 4 is 11.6 Å². The number of carbonyl (C=O) groups excluding carboxylic acids is 1. The standard InChI is InChI=1S/C12H20N2O3/c1-9-7-14(5-4-11(9)13-16)12(15)10-3-2-6-17-8-10/h9-10,16H,2-8H2,1H3. The highest BCUT2D eigenvalue weighted by molar-refractivity contribution is 5.89. The first kappa shape index (κ1) is 12.4. The normalized spacial score (nSPS) is 32.8. The molecule has 0 spiro atoms. The van der Waals surface area contributed by atoms with Crippen molar-refractivity contribution in [2.75, 3.05) is 26.3 Å². The number of oxime groups is 1. The van der Waals surface area contributed by atoms with Crippen LogP contribution in [0.5, 0.6) is 0 Å². The third kappa shape index (κ3) is 2.77. The topological polar surface area (TPSA) is 62.1 Å². The highest BCUT2D eigenvalue weighted by Crippen LogP contribution is 2.20. The molecule has 2 aliphatic rings. The highest BCUT2D eigenvalue weighted by Gasteiger charge is 2.31. The van der Waals surface area contributed by atoms with E-state index in [1.165, 1.54) is 0 Å². The first-order valence-electron chi connectivity index (χ1n) is 6.29. The second kappa shape index (κ2) is 5.49. The summed E-state index contributed by atoms with van der Waals surface area (Å²) in [7, 11) is 0. The van der Waals surface area contributed by atoms with E-state index in [0.717, 1.165) is 25.2 Å². The Morgan fingerprint density at radius 1 is 1.59 bits per heavy atom. The average Bonchev–Trinajstić information content (AvgIpc) is 2.39. The summed E-state index contributed by atoms with van der Waals surface area (Å²) in [4.78, 5) is 14.1. The van der Waals surface area contributed by atoms with E-state index in [1.807, 2.05) is 11.8 Å². The van der Waals surface area contributed by atoms with E-state index < -0.39 is 0 Å². The largest absolute Gasteiger partial charge is 0.411 e. The Morgan fingerprint density at radius 3 is 3.00 bits per heavy atom. The molecule has 5 heteroatoms. The minimum Gasteiger partial charge on any atom is -0.411 e. The molecule has 2 fully saturated rings. The van der Waals surface area contributed by atoms with E-state index in [0.29, 0.717) is 26.1 Å². The van der Waals surface area contributed by atoms with Gasteiger partial charge in [0.2, 0.25) is 5.91 Å². The van der Waals surface area contributed by atoms with Gasteiger partial charge in [0.25, 0.3) is 0 Å². The summed E-state index contributed by atoms with van der Waals surface area (Å²) in [6.45, 7) is 4.66. The van der Waals surface area contributed by atoms with Crippen molar-refractivity contribution in [2.45, 2.75) is 26.2 Å². The van der Waals surface area contributed by atoms with E-state index >= 15 is 0 Å². The van der Waals surface area contributed by atoms with Crippen LogP contribution in [0.4, 0.5) is 0 Å². The molecule has 1 amide bonds. The van der Waals surface area contributed by atoms with Crippen molar-refractivity contribution in [1.29, 1.82) is 0 Å². The van der Waals surface area contributed by atoms with Gasteiger partial charge in [-0.2, -0.15) is 0 Å². The van der Waals surface area contributed by atoms with Crippen molar-refractivity contribution in [3.63, 3.8) is 0 Å². The lowest BCUT2D eigenvalue weighted by Gasteiger charge is -2.34. The summed E-state index contributed by atoms with van der Waals surface area (Å²) in [5.41, 5.74) is 0.800. The number of nitrogens with zero attached hydrogens (tertiary/aromatic N) is 2. The van der Waals surface area contributed by atoms with Gasteiger partial charge in [0.15, 0.2) is 0 Å². The lowest BCUT2D eigenvalue weighted by Crippen LogP contribution is -2.47. The Morgan fingerprint density at radius 2 is 2.41 bits per heavy atom. The van der Waals surface area contributed by atoms with Gasteiger partial charge in [-0.05, 0) is 12.8 Å². The van der Waals surface area contributed by atoms with Crippen LogP contribution < -0.4 is 0 Å². The summed E-state index contributed by atoms with van der Waals surface area (Å²) in [5, 5.41) is 12.1. The Labute approximate surface area is 101 Å². The van der Waals surface area contributed by atoms with Crippen LogP contribution in [0.2, 0.25) is 0 Å². The molecule has 96 valence electrons. The molecule has 2 saturated heterocycles. The summed E-state index contributed by atoms with van der Waals surface area (Å²) >= 11 is 0. The zero-order chi connectivity index (χ0) is 12.3. The molecule has 0 saturated carbocycles. The number of hydrogen-bond acceptors (Lipinski definition) is 4. The Bertz CT molecular complexity index is 311. The van der Waals surface area contributed by atoms with E-state index in [2.05, 4.69) is 5.16 Å². The number of rotatable bonds is 1. The van der Waals surface area contributed by atoms with E-state index in [-0.39, 0.29) is 17.7 Å². The van der Waals surface area contributed by atoms with Crippen LogP contribution in [0.25, 0.3) is 0 Å². The molecular weight excluding hydrogens is 220 g/mol. The Hall–Kier alpha value is -1.10. The lowest BCUT2D eigenvalue weighted by molar-refractivity contribution is -0.140. The van der Waals surface area contributed by atoms with Gasteiger partial charge in [0.1, 0.15) is 0 Å². The number of amides is 1. The van der Waals surface area contributed by atoms with E-state index in [9.17, 15) is 4.79 Å². The van der Waals surface area contributed by atoms with Gasteiger partial charge in [-0.1, -0.05) is 12.1 Å². The third-order valence-corrected chi connectivity index (χ3v) is 3.65. The Kier molecular flexibility index (Phi) is 3.99.